The van der Waals surface area contributed by atoms with Gasteiger partial charge in [-0.05, 0) is 35.9 Å². The van der Waals surface area contributed by atoms with Crippen LogP contribution in [0.3, 0.4) is 0 Å². The lowest BCUT2D eigenvalue weighted by atomic mass is 10.0. The SMILES string of the molecule is Cl.Fc1ccc(-c2ccc3c(n2)CCNC3)cc1. The molecule has 1 aromatic carbocycles. The molecule has 0 atom stereocenters. The highest BCUT2D eigenvalue weighted by molar-refractivity contribution is 5.85. The van der Waals surface area contributed by atoms with Crippen molar-refractivity contribution in [3.8, 4) is 11.3 Å². The molecule has 0 saturated carbocycles. The van der Waals surface area contributed by atoms with Crippen LogP contribution in [0.2, 0.25) is 0 Å². The monoisotopic (exact) mass is 264 g/mol. The fourth-order valence-electron chi connectivity index (χ4n) is 2.12. The van der Waals surface area contributed by atoms with Crippen molar-refractivity contribution in [1.82, 2.24) is 10.3 Å². The topological polar surface area (TPSA) is 24.9 Å². The molecule has 94 valence electrons. The second-order valence-electron chi connectivity index (χ2n) is 4.24. The highest BCUT2D eigenvalue weighted by Crippen LogP contribution is 2.21. The molecule has 0 radical (unpaired) electrons. The molecule has 3 rings (SSSR count). The Morgan fingerprint density at radius 2 is 1.83 bits per heavy atom. The number of rotatable bonds is 1. The van der Waals surface area contributed by atoms with Gasteiger partial charge in [-0.3, -0.25) is 4.98 Å². The van der Waals surface area contributed by atoms with Crippen molar-refractivity contribution >= 4 is 12.4 Å². The molecule has 0 saturated heterocycles. The molecule has 4 heteroatoms. The highest BCUT2D eigenvalue weighted by Gasteiger charge is 2.10. The molecular formula is C14H14ClFN2. The summed E-state index contributed by atoms with van der Waals surface area (Å²) in [7, 11) is 0. The van der Waals surface area contributed by atoms with Crippen molar-refractivity contribution in [1.29, 1.82) is 0 Å². The van der Waals surface area contributed by atoms with Crippen LogP contribution in [0, 0.1) is 5.82 Å². The molecule has 0 amide bonds. The second kappa shape index (κ2) is 5.46. The Kier molecular flexibility index (Phi) is 3.94. The summed E-state index contributed by atoms with van der Waals surface area (Å²) in [4.78, 5) is 4.65. The van der Waals surface area contributed by atoms with E-state index in [0.717, 1.165) is 36.5 Å². The zero-order chi connectivity index (χ0) is 11.7. The molecule has 2 nitrogen and oxygen atoms in total. The number of hydrogen-bond acceptors (Lipinski definition) is 2. The van der Waals surface area contributed by atoms with E-state index in [1.165, 1.54) is 17.7 Å². The van der Waals surface area contributed by atoms with Crippen molar-refractivity contribution in [3.63, 3.8) is 0 Å². The van der Waals surface area contributed by atoms with Crippen LogP contribution in [0.1, 0.15) is 11.3 Å². The molecule has 1 aliphatic heterocycles. The van der Waals surface area contributed by atoms with Crippen LogP contribution in [0.25, 0.3) is 11.3 Å². The molecular weight excluding hydrogens is 251 g/mol. The van der Waals surface area contributed by atoms with Gasteiger partial charge in [0.15, 0.2) is 0 Å². The van der Waals surface area contributed by atoms with Gasteiger partial charge in [0, 0.05) is 30.8 Å². The van der Waals surface area contributed by atoms with E-state index in [-0.39, 0.29) is 18.2 Å². The molecule has 18 heavy (non-hydrogen) atoms. The van der Waals surface area contributed by atoms with Gasteiger partial charge >= 0.3 is 0 Å². The van der Waals surface area contributed by atoms with Gasteiger partial charge in [-0.1, -0.05) is 6.07 Å². The van der Waals surface area contributed by atoms with Crippen molar-refractivity contribution in [2.24, 2.45) is 0 Å². The van der Waals surface area contributed by atoms with Crippen LogP contribution in [0.4, 0.5) is 4.39 Å². The van der Waals surface area contributed by atoms with E-state index in [9.17, 15) is 4.39 Å². The summed E-state index contributed by atoms with van der Waals surface area (Å²) in [5, 5.41) is 3.32. The summed E-state index contributed by atoms with van der Waals surface area (Å²) in [6, 6.07) is 10.6. The minimum Gasteiger partial charge on any atom is -0.312 e. The fourth-order valence-corrected chi connectivity index (χ4v) is 2.12. The minimum atomic E-state index is -0.212. The average molecular weight is 265 g/mol. The number of hydrogen-bond donors (Lipinski definition) is 1. The van der Waals surface area contributed by atoms with E-state index in [1.807, 2.05) is 6.07 Å². The number of nitrogens with one attached hydrogen (secondary N) is 1. The van der Waals surface area contributed by atoms with Gasteiger partial charge in [0.1, 0.15) is 5.82 Å². The predicted octanol–water partition coefficient (Wildman–Crippen LogP) is 2.96. The van der Waals surface area contributed by atoms with Crippen LogP contribution < -0.4 is 5.32 Å². The van der Waals surface area contributed by atoms with Crippen molar-refractivity contribution in [2.75, 3.05) is 6.54 Å². The third-order valence-electron chi connectivity index (χ3n) is 3.06. The smallest absolute Gasteiger partial charge is 0.123 e. The molecule has 0 bridgehead atoms. The Morgan fingerprint density at radius 1 is 1.06 bits per heavy atom. The predicted molar refractivity (Wildman–Crippen MR) is 72.3 cm³/mol. The van der Waals surface area contributed by atoms with Crippen molar-refractivity contribution in [3.05, 3.63) is 53.5 Å². The summed E-state index contributed by atoms with van der Waals surface area (Å²) in [6.07, 6.45) is 0.963. The maximum Gasteiger partial charge on any atom is 0.123 e. The molecule has 0 fully saturated rings. The third kappa shape index (κ3) is 2.52. The van der Waals surface area contributed by atoms with Crippen LogP contribution in [-0.4, -0.2) is 11.5 Å². The van der Waals surface area contributed by atoms with Crippen molar-refractivity contribution in [2.45, 2.75) is 13.0 Å². The first-order valence-corrected chi connectivity index (χ1v) is 5.78. The summed E-state index contributed by atoms with van der Waals surface area (Å²) in [6.45, 7) is 1.87. The van der Waals surface area contributed by atoms with Gasteiger partial charge in [0.25, 0.3) is 0 Å². The second-order valence-corrected chi connectivity index (χ2v) is 4.24. The Bertz CT molecular complexity index is 540. The van der Waals surface area contributed by atoms with Gasteiger partial charge in [-0.25, -0.2) is 4.39 Å². The lowest BCUT2D eigenvalue weighted by Crippen LogP contribution is -2.24. The number of aromatic nitrogens is 1. The van der Waals surface area contributed by atoms with E-state index in [4.69, 9.17) is 0 Å². The van der Waals surface area contributed by atoms with E-state index in [2.05, 4.69) is 16.4 Å². The molecule has 2 heterocycles. The quantitative estimate of drug-likeness (QED) is 0.857. The summed E-state index contributed by atoms with van der Waals surface area (Å²) in [5.41, 5.74) is 4.31. The standard InChI is InChI=1S/C14H13FN2.ClH/c15-12-4-1-10(2-5-12)13-6-3-11-9-16-8-7-14(11)17-13;/h1-6,16H,7-9H2;1H. The first kappa shape index (κ1) is 13.0. The Hall–Kier alpha value is -1.45. The van der Waals surface area contributed by atoms with Gasteiger partial charge in [-0.2, -0.15) is 0 Å². The molecule has 1 aliphatic rings. The highest BCUT2D eigenvalue weighted by atomic mass is 35.5. The van der Waals surface area contributed by atoms with E-state index >= 15 is 0 Å². The molecule has 0 spiro atoms. The van der Waals surface area contributed by atoms with E-state index in [1.54, 1.807) is 12.1 Å². The minimum absolute atomic E-state index is 0. The number of fused-ring (bicyclic) bond motifs is 1. The number of pyridine rings is 1. The number of benzene rings is 1. The maximum atomic E-state index is 12.8. The largest absolute Gasteiger partial charge is 0.312 e. The van der Waals surface area contributed by atoms with Crippen LogP contribution in [0.5, 0.6) is 0 Å². The normalized spacial score (nSPS) is 13.6. The molecule has 1 N–H and O–H groups in total. The Morgan fingerprint density at radius 3 is 2.61 bits per heavy atom. The van der Waals surface area contributed by atoms with E-state index < -0.39 is 0 Å². The molecule has 0 unspecified atom stereocenters. The lowest BCUT2D eigenvalue weighted by molar-refractivity contribution is 0.627. The average Bonchev–Trinajstić information content (AvgIpc) is 2.39. The van der Waals surface area contributed by atoms with Gasteiger partial charge in [-0.15, -0.1) is 12.4 Å². The van der Waals surface area contributed by atoms with Gasteiger partial charge in [0.2, 0.25) is 0 Å². The number of nitrogens with zero attached hydrogens (tertiary/aromatic N) is 1. The first-order valence-electron chi connectivity index (χ1n) is 5.78. The van der Waals surface area contributed by atoms with Crippen molar-refractivity contribution < 1.29 is 4.39 Å². The first-order chi connectivity index (χ1) is 8.33. The van der Waals surface area contributed by atoms with Crippen LogP contribution in [-0.2, 0) is 13.0 Å². The summed E-state index contributed by atoms with van der Waals surface area (Å²) < 4.78 is 12.8. The fraction of sp³-hybridized carbons (Fsp3) is 0.214. The third-order valence-corrected chi connectivity index (χ3v) is 3.06. The maximum absolute atomic E-state index is 12.8. The lowest BCUT2D eigenvalue weighted by Gasteiger charge is -2.16. The van der Waals surface area contributed by atoms with Crippen LogP contribution in [0.15, 0.2) is 36.4 Å². The van der Waals surface area contributed by atoms with Crippen LogP contribution >= 0.6 is 12.4 Å². The zero-order valence-corrected chi connectivity index (χ0v) is 10.6. The Labute approximate surface area is 112 Å². The van der Waals surface area contributed by atoms with Gasteiger partial charge < -0.3 is 5.32 Å². The van der Waals surface area contributed by atoms with E-state index in [0.29, 0.717) is 0 Å². The number of halogens is 2. The molecule has 2 aromatic rings. The molecule has 1 aromatic heterocycles. The zero-order valence-electron chi connectivity index (χ0n) is 9.82. The summed E-state index contributed by atoms with van der Waals surface area (Å²) >= 11 is 0. The summed E-state index contributed by atoms with van der Waals surface area (Å²) in [5.74, 6) is -0.212. The van der Waals surface area contributed by atoms with Gasteiger partial charge in [0.05, 0.1) is 5.69 Å². The molecule has 0 aliphatic carbocycles. The Balaban J connectivity index is 0.00000120.